The van der Waals surface area contributed by atoms with E-state index in [-0.39, 0.29) is 18.1 Å². The summed E-state index contributed by atoms with van der Waals surface area (Å²) in [4.78, 5) is 13.2. The van der Waals surface area contributed by atoms with Crippen LogP contribution in [0.1, 0.15) is 49.5 Å². The van der Waals surface area contributed by atoms with E-state index in [4.69, 9.17) is 4.42 Å². The molecule has 0 fully saturated rings. The summed E-state index contributed by atoms with van der Waals surface area (Å²) < 4.78 is 5.16. The van der Waals surface area contributed by atoms with Gasteiger partial charge in [-0.05, 0) is 36.9 Å². The number of thiophene rings is 1. The van der Waals surface area contributed by atoms with Crippen molar-refractivity contribution in [3.05, 3.63) is 46.5 Å². The van der Waals surface area contributed by atoms with Crippen molar-refractivity contribution in [2.24, 2.45) is 0 Å². The van der Waals surface area contributed by atoms with Gasteiger partial charge in [-0.25, -0.2) is 4.79 Å². The van der Waals surface area contributed by atoms with Crippen LogP contribution in [-0.4, -0.2) is 17.2 Å². The van der Waals surface area contributed by atoms with Gasteiger partial charge in [-0.1, -0.05) is 13.0 Å². The molecule has 2 amide bonds. The number of hydrogen-bond donors (Lipinski definition) is 3. The van der Waals surface area contributed by atoms with E-state index < -0.39 is 6.10 Å². The number of aliphatic hydroxyl groups excluding tert-OH is 1. The van der Waals surface area contributed by atoms with Crippen molar-refractivity contribution < 1.29 is 14.3 Å². The smallest absolute Gasteiger partial charge is 0.315 e. The Morgan fingerprint density at radius 2 is 2.18 bits per heavy atom. The minimum Gasteiger partial charge on any atom is -0.467 e. The lowest BCUT2D eigenvalue weighted by atomic mass is 10.1. The highest BCUT2D eigenvalue weighted by atomic mass is 32.1. The van der Waals surface area contributed by atoms with Gasteiger partial charge < -0.3 is 20.2 Å². The molecule has 6 heteroatoms. The van der Waals surface area contributed by atoms with E-state index in [0.717, 1.165) is 11.3 Å². The van der Waals surface area contributed by atoms with Crippen LogP contribution in [0, 0.1) is 0 Å². The standard InChI is InChI=1S/C16H22N2O3S/c1-3-12(15-7-5-9-22-15)18-16(20)17-11(2)10-13(19)14-6-4-8-21-14/h4-9,11-13,19H,3,10H2,1-2H3,(H2,17,18,20)/t11-,12-,13-/m0/s1. The molecule has 0 aliphatic heterocycles. The maximum atomic E-state index is 12.1. The third-order valence-electron chi connectivity index (χ3n) is 3.43. The Bertz CT molecular complexity index is 554. The van der Waals surface area contributed by atoms with E-state index in [9.17, 15) is 9.90 Å². The van der Waals surface area contributed by atoms with Crippen LogP contribution in [0.3, 0.4) is 0 Å². The molecular formula is C16H22N2O3S. The third-order valence-corrected chi connectivity index (χ3v) is 4.41. The van der Waals surface area contributed by atoms with Crippen molar-refractivity contribution in [2.75, 3.05) is 0 Å². The quantitative estimate of drug-likeness (QED) is 0.729. The summed E-state index contributed by atoms with van der Waals surface area (Å²) in [6.45, 7) is 3.90. The lowest BCUT2D eigenvalue weighted by Crippen LogP contribution is -2.42. The van der Waals surface area contributed by atoms with Crippen LogP contribution in [0.15, 0.2) is 40.3 Å². The number of furan rings is 1. The van der Waals surface area contributed by atoms with Crippen molar-refractivity contribution in [1.29, 1.82) is 0 Å². The molecule has 0 bridgehead atoms. The molecule has 2 aromatic heterocycles. The first-order chi connectivity index (χ1) is 10.6. The van der Waals surface area contributed by atoms with Gasteiger partial charge in [0.05, 0.1) is 12.3 Å². The van der Waals surface area contributed by atoms with E-state index >= 15 is 0 Å². The molecule has 0 aliphatic rings. The Morgan fingerprint density at radius 3 is 2.77 bits per heavy atom. The summed E-state index contributed by atoms with van der Waals surface area (Å²) in [5.41, 5.74) is 0. The van der Waals surface area contributed by atoms with Gasteiger partial charge in [0, 0.05) is 17.3 Å². The molecule has 0 spiro atoms. The lowest BCUT2D eigenvalue weighted by Gasteiger charge is -2.20. The normalized spacial score (nSPS) is 15.0. The second-order valence-corrected chi connectivity index (χ2v) is 6.24. The van der Waals surface area contributed by atoms with Crippen molar-refractivity contribution in [3.8, 4) is 0 Å². The Labute approximate surface area is 134 Å². The summed E-state index contributed by atoms with van der Waals surface area (Å²) in [6.07, 6.45) is 2.04. The Hall–Kier alpha value is -1.79. The predicted molar refractivity (Wildman–Crippen MR) is 86.8 cm³/mol. The topological polar surface area (TPSA) is 74.5 Å². The van der Waals surface area contributed by atoms with Gasteiger partial charge in [-0.3, -0.25) is 0 Å². The zero-order chi connectivity index (χ0) is 15.9. The number of carbonyl (C=O) groups is 1. The summed E-state index contributed by atoms with van der Waals surface area (Å²) in [7, 11) is 0. The van der Waals surface area contributed by atoms with Crippen molar-refractivity contribution in [2.45, 2.75) is 44.9 Å². The molecule has 2 aromatic rings. The molecule has 5 nitrogen and oxygen atoms in total. The molecule has 3 atom stereocenters. The third kappa shape index (κ3) is 4.61. The molecule has 22 heavy (non-hydrogen) atoms. The number of carbonyl (C=O) groups excluding carboxylic acids is 1. The molecule has 0 radical (unpaired) electrons. The highest BCUT2D eigenvalue weighted by Crippen LogP contribution is 2.22. The number of hydrogen-bond acceptors (Lipinski definition) is 4. The van der Waals surface area contributed by atoms with E-state index in [1.165, 1.54) is 6.26 Å². The summed E-state index contributed by atoms with van der Waals surface area (Å²) >= 11 is 1.63. The fourth-order valence-electron chi connectivity index (χ4n) is 2.28. The molecule has 0 saturated carbocycles. The predicted octanol–water partition coefficient (Wildman–Crippen LogP) is 3.60. The van der Waals surface area contributed by atoms with Gasteiger partial charge in [0.25, 0.3) is 0 Å². The van der Waals surface area contributed by atoms with Crippen LogP contribution in [-0.2, 0) is 0 Å². The van der Waals surface area contributed by atoms with Gasteiger partial charge in [0.2, 0.25) is 0 Å². The monoisotopic (exact) mass is 322 g/mol. The van der Waals surface area contributed by atoms with Gasteiger partial charge in [-0.2, -0.15) is 0 Å². The van der Waals surface area contributed by atoms with Gasteiger partial charge in [-0.15, -0.1) is 11.3 Å². The van der Waals surface area contributed by atoms with Crippen LogP contribution < -0.4 is 10.6 Å². The number of urea groups is 1. The Balaban J connectivity index is 1.80. The minimum atomic E-state index is -0.718. The summed E-state index contributed by atoms with van der Waals surface area (Å²) in [5.74, 6) is 0.513. The highest BCUT2D eigenvalue weighted by Gasteiger charge is 2.18. The maximum Gasteiger partial charge on any atom is 0.315 e. The second kappa shape index (κ2) is 8.00. The average molecular weight is 322 g/mol. The highest BCUT2D eigenvalue weighted by molar-refractivity contribution is 7.10. The number of amides is 2. The van der Waals surface area contributed by atoms with Crippen LogP contribution in [0.25, 0.3) is 0 Å². The minimum absolute atomic E-state index is 0.0159. The summed E-state index contributed by atoms with van der Waals surface area (Å²) in [5, 5.41) is 17.8. The van der Waals surface area contributed by atoms with Crippen LogP contribution >= 0.6 is 11.3 Å². The molecule has 3 N–H and O–H groups in total. The number of aliphatic hydroxyl groups is 1. The van der Waals surface area contributed by atoms with E-state index in [0.29, 0.717) is 12.2 Å². The lowest BCUT2D eigenvalue weighted by molar-refractivity contribution is 0.129. The molecule has 120 valence electrons. The van der Waals surface area contributed by atoms with Crippen molar-refractivity contribution in [1.82, 2.24) is 10.6 Å². The Kier molecular flexibility index (Phi) is 6.03. The van der Waals surface area contributed by atoms with Crippen LogP contribution in [0.5, 0.6) is 0 Å². The fourth-order valence-corrected chi connectivity index (χ4v) is 3.14. The largest absolute Gasteiger partial charge is 0.467 e. The van der Waals surface area contributed by atoms with Crippen LogP contribution in [0.2, 0.25) is 0 Å². The number of nitrogens with one attached hydrogen (secondary N) is 2. The molecule has 0 aliphatic carbocycles. The maximum absolute atomic E-state index is 12.1. The van der Waals surface area contributed by atoms with E-state index in [1.807, 2.05) is 31.4 Å². The molecule has 0 saturated heterocycles. The SMILES string of the molecule is CC[C@H](NC(=O)N[C@@H](C)C[C@H](O)c1ccco1)c1cccs1. The molecule has 0 unspecified atom stereocenters. The molecular weight excluding hydrogens is 300 g/mol. The second-order valence-electron chi connectivity index (χ2n) is 5.26. The van der Waals surface area contributed by atoms with Gasteiger partial charge in [0.15, 0.2) is 0 Å². The van der Waals surface area contributed by atoms with Crippen molar-refractivity contribution >= 4 is 17.4 Å². The molecule has 2 rings (SSSR count). The zero-order valence-electron chi connectivity index (χ0n) is 12.8. The average Bonchev–Trinajstić information content (AvgIpc) is 3.17. The molecule has 2 heterocycles. The van der Waals surface area contributed by atoms with Crippen LogP contribution in [0.4, 0.5) is 4.79 Å². The first-order valence-electron chi connectivity index (χ1n) is 7.42. The van der Waals surface area contributed by atoms with Gasteiger partial charge >= 0.3 is 6.03 Å². The first kappa shape index (κ1) is 16.6. The van der Waals surface area contributed by atoms with E-state index in [1.54, 1.807) is 23.5 Å². The summed E-state index contributed by atoms with van der Waals surface area (Å²) in [6, 6.07) is 7.08. The molecule has 0 aromatic carbocycles. The number of rotatable bonds is 7. The van der Waals surface area contributed by atoms with Crippen molar-refractivity contribution in [3.63, 3.8) is 0 Å². The van der Waals surface area contributed by atoms with E-state index in [2.05, 4.69) is 10.6 Å². The zero-order valence-corrected chi connectivity index (χ0v) is 13.6. The Morgan fingerprint density at radius 1 is 1.36 bits per heavy atom. The van der Waals surface area contributed by atoms with Gasteiger partial charge in [0.1, 0.15) is 11.9 Å². The fraction of sp³-hybridized carbons (Fsp3) is 0.438. The first-order valence-corrected chi connectivity index (χ1v) is 8.30.